The molecule has 25 heavy (non-hydrogen) atoms. The molecule has 0 aliphatic carbocycles. The van der Waals surface area contributed by atoms with Crippen LogP contribution in [0.15, 0.2) is 72.8 Å². The molecule has 3 aromatic carbocycles. The highest BCUT2D eigenvalue weighted by molar-refractivity contribution is 9.42. The highest BCUT2D eigenvalue weighted by Crippen LogP contribution is 2.63. The van der Waals surface area contributed by atoms with Crippen LogP contribution >= 0.6 is 21.6 Å². The molecule has 0 heterocycles. The maximum Gasteiger partial charge on any atom is 0.183 e. The molecule has 0 amide bonds. The number of unbranched alkanes of at least 4 members (excludes halogenated alkanes) is 1. The summed E-state index contributed by atoms with van der Waals surface area (Å²) >= 11 is 4.16. The standard InChI is InChI=1S/C22H26BrNP/c1-3-4-17-25(23,20-13-6-5-7-14-20)24-18(2)21-16-10-12-19-11-8-9-15-22(19)21/h5-16,18,24H,3-4,17H2,1-2H3/q+1/t18-,25?/m0/s1. The van der Waals surface area contributed by atoms with Crippen LogP contribution in [-0.2, 0) is 0 Å². The predicted octanol–water partition coefficient (Wildman–Crippen LogP) is 6.86. The van der Waals surface area contributed by atoms with Crippen LogP contribution in [0.25, 0.3) is 10.8 Å². The first-order valence-corrected chi connectivity index (χ1v) is 13.0. The van der Waals surface area contributed by atoms with Crippen molar-refractivity contribution < 1.29 is 0 Å². The largest absolute Gasteiger partial charge is 0.183 e. The summed E-state index contributed by atoms with van der Waals surface area (Å²) in [5, 5.41) is 8.03. The quantitative estimate of drug-likeness (QED) is 0.416. The van der Waals surface area contributed by atoms with Crippen molar-refractivity contribution in [2.45, 2.75) is 32.7 Å². The lowest BCUT2D eigenvalue weighted by molar-refractivity contribution is 0.745. The molecule has 0 spiro atoms. The van der Waals surface area contributed by atoms with Crippen LogP contribution in [0.1, 0.15) is 38.3 Å². The van der Waals surface area contributed by atoms with Gasteiger partial charge in [-0.05, 0) is 41.8 Å². The predicted molar refractivity (Wildman–Crippen MR) is 117 cm³/mol. The van der Waals surface area contributed by atoms with Gasteiger partial charge in [-0.25, -0.2) is 0 Å². The molecule has 2 atom stereocenters. The van der Waals surface area contributed by atoms with E-state index in [1.807, 2.05) is 0 Å². The molecular formula is C22H26BrNP+. The highest BCUT2D eigenvalue weighted by Gasteiger charge is 2.39. The fourth-order valence-corrected chi connectivity index (χ4v) is 8.38. The summed E-state index contributed by atoms with van der Waals surface area (Å²) in [5.41, 5.74) is 1.37. The summed E-state index contributed by atoms with van der Waals surface area (Å²) in [4.78, 5) is 0. The third kappa shape index (κ3) is 4.31. The van der Waals surface area contributed by atoms with E-state index < -0.39 is 6.12 Å². The van der Waals surface area contributed by atoms with Gasteiger partial charge in [0.05, 0.1) is 12.2 Å². The van der Waals surface area contributed by atoms with E-state index in [-0.39, 0.29) is 6.04 Å². The van der Waals surface area contributed by atoms with Crippen LogP contribution in [0, 0.1) is 0 Å². The van der Waals surface area contributed by atoms with Gasteiger partial charge < -0.3 is 0 Å². The third-order valence-electron chi connectivity index (χ3n) is 4.67. The van der Waals surface area contributed by atoms with E-state index in [9.17, 15) is 0 Å². The summed E-state index contributed by atoms with van der Waals surface area (Å²) in [6, 6.07) is 26.4. The van der Waals surface area contributed by atoms with E-state index in [2.05, 4.69) is 107 Å². The van der Waals surface area contributed by atoms with E-state index in [1.54, 1.807) is 0 Å². The van der Waals surface area contributed by atoms with Crippen molar-refractivity contribution in [1.29, 1.82) is 0 Å². The number of hydrogen-bond donors (Lipinski definition) is 1. The van der Waals surface area contributed by atoms with Gasteiger partial charge in [0.2, 0.25) is 0 Å². The zero-order valence-corrected chi connectivity index (χ0v) is 17.4. The summed E-state index contributed by atoms with van der Waals surface area (Å²) in [7, 11) is 0. The van der Waals surface area contributed by atoms with Gasteiger partial charge in [0.25, 0.3) is 0 Å². The maximum atomic E-state index is 4.16. The monoisotopic (exact) mass is 414 g/mol. The second-order valence-corrected chi connectivity index (χ2v) is 12.8. The van der Waals surface area contributed by atoms with Crippen molar-refractivity contribution in [3.8, 4) is 0 Å². The zero-order valence-electron chi connectivity index (χ0n) is 15.0. The Balaban J connectivity index is 1.93. The lowest BCUT2D eigenvalue weighted by atomic mass is 10.0. The first-order chi connectivity index (χ1) is 12.1. The molecule has 3 aromatic rings. The van der Waals surface area contributed by atoms with Gasteiger partial charge in [0.15, 0.2) is 21.6 Å². The van der Waals surface area contributed by atoms with Gasteiger partial charge in [-0.2, -0.15) is 5.09 Å². The van der Waals surface area contributed by atoms with E-state index in [0.717, 1.165) is 0 Å². The molecule has 0 bridgehead atoms. The molecule has 0 aromatic heterocycles. The Morgan fingerprint density at radius 3 is 2.36 bits per heavy atom. The van der Waals surface area contributed by atoms with Crippen LogP contribution in [0.5, 0.6) is 0 Å². The molecule has 3 rings (SSSR count). The average Bonchev–Trinajstić information content (AvgIpc) is 2.66. The van der Waals surface area contributed by atoms with Gasteiger partial charge in [0, 0.05) is 0 Å². The zero-order chi connectivity index (χ0) is 17.7. The lowest BCUT2D eigenvalue weighted by Gasteiger charge is -2.25. The smallest absolute Gasteiger partial charge is 0.171 e. The van der Waals surface area contributed by atoms with Crippen molar-refractivity contribution in [2.75, 3.05) is 6.16 Å². The summed E-state index contributed by atoms with van der Waals surface area (Å²) < 4.78 is 0. The van der Waals surface area contributed by atoms with Gasteiger partial charge >= 0.3 is 0 Å². The minimum atomic E-state index is -1.58. The Bertz CT molecular complexity index is 815. The second kappa shape index (κ2) is 8.45. The molecule has 1 N–H and O–H groups in total. The van der Waals surface area contributed by atoms with E-state index in [0.29, 0.717) is 0 Å². The minimum Gasteiger partial charge on any atom is -0.171 e. The minimum absolute atomic E-state index is 0.288. The Kier molecular flexibility index (Phi) is 6.28. The molecule has 0 aliphatic heterocycles. The van der Waals surface area contributed by atoms with Crippen LogP contribution in [-0.4, -0.2) is 6.16 Å². The first kappa shape index (κ1) is 18.6. The Labute approximate surface area is 160 Å². The summed E-state index contributed by atoms with van der Waals surface area (Å²) in [6.45, 7) is 4.54. The van der Waals surface area contributed by atoms with Crippen molar-refractivity contribution >= 4 is 37.7 Å². The average molecular weight is 415 g/mol. The van der Waals surface area contributed by atoms with Crippen LogP contribution in [0.3, 0.4) is 0 Å². The SMILES string of the molecule is CCCC[P+](Br)(N[C@@H](C)c1cccc2ccccc12)c1ccccc1. The molecular weight excluding hydrogens is 389 g/mol. The maximum absolute atomic E-state index is 4.16. The van der Waals surface area contributed by atoms with Gasteiger partial charge in [-0.3, -0.25) is 0 Å². The van der Waals surface area contributed by atoms with E-state index in [1.165, 1.54) is 40.6 Å². The number of nitrogens with one attached hydrogen (secondary N) is 1. The molecule has 0 saturated carbocycles. The third-order valence-corrected chi connectivity index (χ3v) is 10.4. The lowest BCUT2D eigenvalue weighted by Crippen LogP contribution is -2.26. The molecule has 130 valence electrons. The van der Waals surface area contributed by atoms with Gasteiger partial charge in [-0.15, -0.1) is 0 Å². The molecule has 0 radical (unpaired) electrons. The number of benzene rings is 3. The highest BCUT2D eigenvalue weighted by atomic mass is 79.9. The Hall–Kier alpha value is -1.21. The topological polar surface area (TPSA) is 12.0 Å². The second-order valence-electron chi connectivity index (χ2n) is 6.55. The molecule has 0 aliphatic rings. The number of hydrogen-bond acceptors (Lipinski definition) is 1. The van der Waals surface area contributed by atoms with Crippen molar-refractivity contribution in [3.63, 3.8) is 0 Å². The molecule has 0 fully saturated rings. The fraction of sp³-hybridized carbons (Fsp3) is 0.273. The number of halogens is 1. The molecule has 0 saturated heterocycles. The van der Waals surface area contributed by atoms with Crippen molar-refractivity contribution in [2.24, 2.45) is 0 Å². The van der Waals surface area contributed by atoms with Gasteiger partial charge in [-0.1, -0.05) is 74.0 Å². The van der Waals surface area contributed by atoms with E-state index >= 15 is 0 Å². The fourth-order valence-electron chi connectivity index (χ4n) is 3.31. The Morgan fingerprint density at radius 1 is 0.920 bits per heavy atom. The van der Waals surface area contributed by atoms with Crippen LogP contribution in [0.4, 0.5) is 0 Å². The Morgan fingerprint density at radius 2 is 1.60 bits per heavy atom. The normalized spacial score (nSPS) is 15.0. The molecule has 1 unspecified atom stereocenters. The molecule has 3 heteroatoms. The summed E-state index contributed by atoms with van der Waals surface area (Å²) in [6.07, 6.45) is 2.03. The van der Waals surface area contributed by atoms with Gasteiger partial charge in [0.1, 0.15) is 5.30 Å². The molecule has 1 nitrogen and oxygen atoms in total. The van der Waals surface area contributed by atoms with Crippen LogP contribution in [0.2, 0.25) is 0 Å². The van der Waals surface area contributed by atoms with Crippen molar-refractivity contribution in [3.05, 3.63) is 78.4 Å². The number of rotatable bonds is 7. The number of fused-ring (bicyclic) bond motifs is 1. The first-order valence-electron chi connectivity index (χ1n) is 9.03. The summed E-state index contributed by atoms with van der Waals surface area (Å²) in [5.74, 6) is 0. The van der Waals surface area contributed by atoms with Crippen molar-refractivity contribution in [1.82, 2.24) is 5.09 Å². The van der Waals surface area contributed by atoms with Crippen LogP contribution < -0.4 is 10.4 Å². The van der Waals surface area contributed by atoms with E-state index in [4.69, 9.17) is 0 Å².